The SMILES string of the molecule is CC1CCN(c2nccc(C(N)=S)n2)CC1C. The lowest BCUT2D eigenvalue weighted by Crippen LogP contribution is -2.39. The second kappa shape index (κ2) is 4.96. The fraction of sp³-hybridized carbons (Fsp3) is 0.583. The molecule has 0 radical (unpaired) electrons. The zero-order chi connectivity index (χ0) is 12.4. The molecule has 1 aliphatic heterocycles. The maximum absolute atomic E-state index is 5.58. The van der Waals surface area contributed by atoms with Gasteiger partial charge in [0.25, 0.3) is 0 Å². The average Bonchev–Trinajstić information content (AvgIpc) is 2.33. The molecule has 2 unspecified atom stereocenters. The van der Waals surface area contributed by atoms with Gasteiger partial charge in [0.05, 0.1) is 0 Å². The molecule has 5 heteroatoms. The van der Waals surface area contributed by atoms with Crippen molar-refractivity contribution in [3.63, 3.8) is 0 Å². The van der Waals surface area contributed by atoms with Gasteiger partial charge in [0.2, 0.25) is 5.95 Å². The summed E-state index contributed by atoms with van der Waals surface area (Å²) in [5.41, 5.74) is 6.23. The summed E-state index contributed by atoms with van der Waals surface area (Å²) in [6.45, 7) is 6.58. The number of aromatic nitrogens is 2. The van der Waals surface area contributed by atoms with Crippen LogP contribution in [0.25, 0.3) is 0 Å². The Labute approximate surface area is 107 Å². The van der Waals surface area contributed by atoms with Gasteiger partial charge in [0.1, 0.15) is 10.7 Å². The Morgan fingerprint density at radius 1 is 1.47 bits per heavy atom. The van der Waals surface area contributed by atoms with E-state index in [4.69, 9.17) is 18.0 Å². The van der Waals surface area contributed by atoms with Crippen LogP contribution in [0.5, 0.6) is 0 Å². The lowest BCUT2D eigenvalue weighted by molar-refractivity contribution is 0.321. The van der Waals surface area contributed by atoms with Gasteiger partial charge in [-0.25, -0.2) is 9.97 Å². The first kappa shape index (κ1) is 12.2. The minimum atomic E-state index is 0.326. The number of rotatable bonds is 2. The van der Waals surface area contributed by atoms with E-state index in [-0.39, 0.29) is 0 Å². The maximum atomic E-state index is 5.58. The Balaban J connectivity index is 2.17. The molecule has 0 bridgehead atoms. The van der Waals surface area contributed by atoms with Crippen LogP contribution in [0, 0.1) is 11.8 Å². The van der Waals surface area contributed by atoms with Gasteiger partial charge < -0.3 is 10.6 Å². The van der Waals surface area contributed by atoms with E-state index in [2.05, 4.69) is 28.7 Å². The van der Waals surface area contributed by atoms with Gasteiger partial charge >= 0.3 is 0 Å². The molecule has 2 N–H and O–H groups in total. The van der Waals surface area contributed by atoms with Gasteiger partial charge in [0, 0.05) is 19.3 Å². The number of anilines is 1. The van der Waals surface area contributed by atoms with Crippen LogP contribution in [-0.4, -0.2) is 28.0 Å². The highest BCUT2D eigenvalue weighted by Crippen LogP contribution is 2.24. The Kier molecular flexibility index (Phi) is 3.57. The zero-order valence-corrected chi connectivity index (χ0v) is 11.1. The fourth-order valence-corrected chi connectivity index (χ4v) is 2.20. The Hall–Kier alpha value is -1.23. The summed E-state index contributed by atoms with van der Waals surface area (Å²) in [7, 11) is 0. The number of hydrogen-bond acceptors (Lipinski definition) is 4. The van der Waals surface area contributed by atoms with Crippen LogP contribution in [-0.2, 0) is 0 Å². The first-order valence-electron chi connectivity index (χ1n) is 5.95. The van der Waals surface area contributed by atoms with Crippen LogP contribution in [0.1, 0.15) is 26.0 Å². The largest absolute Gasteiger partial charge is 0.388 e. The Morgan fingerprint density at radius 3 is 2.88 bits per heavy atom. The number of nitrogens with two attached hydrogens (primary N) is 1. The maximum Gasteiger partial charge on any atom is 0.225 e. The number of thiocarbonyl (C=S) groups is 1. The van der Waals surface area contributed by atoms with Crippen LogP contribution in [0.2, 0.25) is 0 Å². The normalized spacial score (nSPS) is 24.7. The molecule has 4 nitrogen and oxygen atoms in total. The first-order valence-corrected chi connectivity index (χ1v) is 6.36. The predicted molar refractivity (Wildman–Crippen MR) is 73.1 cm³/mol. The minimum Gasteiger partial charge on any atom is -0.388 e. The Morgan fingerprint density at radius 2 is 2.24 bits per heavy atom. The van der Waals surface area contributed by atoms with E-state index < -0.39 is 0 Å². The molecule has 92 valence electrons. The summed E-state index contributed by atoms with van der Waals surface area (Å²) in [6, 6.07) is 1.75. The molecule has 17 heavy (non-hydrogen) atoms. The van der Waals surface area contributed by atoms with Crippen molar-refractivity contribution in [2.45, 2.75) is 20.3 Å². The third kappa shape index (κ3) is 2.72. The molecule has 1 fully saturated rings. The quantitative estimate of drug-likeness (QED) is 0.808. The molecule has 1 aliphatic rings. The van der Waals surface area contributed by atoms with Gasteiger partial charge in [-0.05, 0) is 24.3 Å². The first-order chi connectivity index (χ1) is 8.08. The van der Waals surface area contributed by atoms with Gasteiger partial charge in [-0.1, -0.05) is 26.1 Å². The second-order valence-corrected chi connectivity index (χ2v) is 5.24. The lowest BCUT2D eigenvalue weighted by Gasteiger charge is -2.35. The van der Waals surface area contributed by atoms with E-state index in [1.807, 2.05) is 0 Å². The van der Waals surface area contributed by atoms with Crippen molar-refractivity contribution in [1.29, 1.82) is 0 Å². The standard InChI is InChI=1S/C12H18N4S/c1-8-4-6-16(7-9(8)2)12-14-5-3-10(15-12)11(13)17/h3,5,8-9H,4,6-7H2,1-2H3,(H2,13,17). The second-order valence-electron chi connectivity index (χ2n) is 4.80. The van der Waals surface area contributed by atoms with E-state index in [1.54, 1.807) is 12.3 Å². The Bertz CT molecular complexity index is 421. The van der Waals surface area contributed by atoms with Crippen molar-refractivity contribution < 1.29 is 0 Å². The molecule has 2 atom stereocenters. The molecular weight excluding hydrogens is 232 g/mol. The average molecular weight is 250 g/mol. The molecular formula is C12H18N4S. The predicted octanol–water partition coefficient (Wildman–Crippen LogP) is 1.59. The van der Waals surface area contributed by atoms with Crippen LogP contribution >= 0.6 is 12.2 Å². The highest BCUT2D eigenvalue weighted by atomic mass is 32.1. The monoisotopic (exact) mass is 250 g/mol. The zero-order valence-electron chi connectivity index (χ0n) is 10.3. The van der Waals surface area contributed by atoms with Crippen LogP contribution < -0.4 is 10.6 Å². The van der Waals surface area contributed by atoms with Gasteiger partial charge in [-0.2, -0.15) is 0 Å². The van der Waals surface area contributed by atoms with Crippen molar-refractivity contribution in [2.24, 2.45) is 17.6 Å². The molecule has 2 heterocycles. The van der Waals surface area contributed by atoms with E-state index in [9.17, 15) is 0 Å². The van der Waals surface area contributed by atoms with Crippen LogP contribution in [0.3, 0.4) is 0 Å². The van der Waals surface area contributed by atoms with Crippen molar-refractivity contribution in [1.82, 2.24) is 9.97 Å². The molecule has 2 rings (SSSR count). The molecule has 0 spiro atoms. The molecule has 0 amide bonds. The van der Waals surface area contributed by atoms with Gasteiger partial charge in [0.15, 0.2) is 0 Å². The molecule has 1 aromatic rings. The number of hydrogen-bond donors (Lipinski definition) is 1. The summed E-state index contributed by atoms with van der Waals surface area (Å²) >= 11 is 4.93. The molecule has 0 aliphatic carbocycles. The summed E-state index contributed by atoms with van der Waals surface area (Å²) in [5, 5.41) is 0. The van der Waals surface area contributed by atoms with E-state index >= 15 is 0 Å². The highest BCUT2D eigenvalue weighted by molar-refractivity contribution is 7.80. The summed E-state index contributed by atoms with van der Waals surface area (Å²) in [6.07, 6.45) is 2.90. The third-order valence-electron chi connectivity index (χ3n) is 3.51. The molecule has 1 aromatic heterocycles. The van der Waals surface area contributed by atoms with E-state index in [0.29, 0.717) is 16.6 Å². The van der Waals surface area contributed by atoms with Crippen molar-refractivity contribution >= 4 is 23.2 Å². The lowest BCUT2D eigenvalue weighted by atomic mass is 9.89. The third-order valence-corrected chi connectivity index (χ3v) is 3.72. The van der Waals surface area contributed by atoms with Crippen LogP contribution in [0.15, 0.2) is 12.3 Å². The van der Waals surface area contributed by atoms with E-state index in [1.165, 1.54) is 6.42 Å². The van der Waals surface area contributed by atoms with Gasteiger partial charge in [-0.3, -0.25) is 0 Å². The summed E-state index contributed by atoms with van der Waals surface area (Å²) in [4.78, 5) is 11.2. The summed E-state index contributed by atoms with van der Waals surface area (Å²) < 4.78 is 0. The van der Waals surface area contributed by atoms with Crippen molar-refractivity contribution in [3.05, 3.63) is 18.0 Å². The number of nitrogens with zero attached hydrogens (tertiary/aromatic N) is 3. The summed E-state index contributed by atoms with van der Waals surface area (Å²) in [5.74, 6) is 2.18. The van der Waals surface area contributed by atoms with Crippen molar-refractivity contribution in [2.75, 3.05) is 18.0 Å². The molecule has 0 saturated carbocycles. The molecule has 1 saturated heterocycles. The minimum absolute atomic E-state index is 0.326. The highest BCUT2D eigenvalue weighted by Gasteiger charge is 2.24. The van der Waals surface area contributed by atoms with Crippen LogP contribution in [0.4, 0.5) is 5.95 Å². The fourth-order valence-electron chi connectivity index (χ4n) is 2.08. The van der Waals surface area contributed by atoms with Crippen molar-refractivity contribution in [3.8, 4) is 0 Å². The topological polar surface area (TPSA) is 55.0 Å². The molecule has 0 aromatic carbocycles. The van der Waals surface area contributed by atoms with Gasteiger partial charge in [-0.15, -0.1) is 0 Å². The smallest absolute Gasteiger partial charge is 0.225 e. The van der Waals surface area contributed by atoms with E-state index in [0.717, 1.165) is 25.0 Å². The number of piperidine rings is 1.